The van der Waals surface area contributed by atoms with Gasteiger partial charge in [-0.05, 0) is 280 Å². The average Bonchev–Trinajstić information content (AvgIpc) is 4.09. The molecule has 32 rings (SSSR count). The van der Waals surface area contributed by atoms with Crippen molar-refractivity contribution >= 4 is 302 Å². The van der Waals surface area contributed by atoms with E-state index in [0.717, 1.165) is 0 Å². The topological polar surface area (TPSA) is 0 Å². The van der Waals surface area contributed by atoms with Gasteiger partial charge in [0, 0.05) is 5.92 Å². The third-order valence-electron chi connectivity index (χ3n) is 22.7. The molecular weight excluding hydrogens is 744 g/mol. The van der Waals surface area contributed by atoms with Crippen LogP contribution in [0.3, 0.4) is 0 Å². The Labute approximate surface area is 351 Å². The maximum Gasteiger partial charge on any atom is 1.00 e. The molecule has 3 aliphatic carbocycles. The first-order valence-electron chi connectivity index (χ1n) is 22.6. The van der Waals surface area contributed by atoms with E-state index in [1.807, 2.05) is 0 Å². The van der Waals surface area contributed by atoms with Gasteiger partial charge in [-0.3, -0.25) is 0 Å². The molecule has 3 aliphatic rings. The number of hydrogen-bond acceptors (Lipinski definition) is 0. The summed E-state index contributed by atoms with van der Waals surface area (Å²) in [6.07, 6.45) is 0. The third kappa shape index (κ3) is 1.13. The predicted octanol–water partition coefficient (Wildman–Crippen LogP) is 14.2. The van der Waals surface area contributed by atoms with E-state index >= 15 is 0 Å². The first kappa shape index (κ1) is 22.3. The molecule has 0 bridgehead atoms. The van der Waals surface area contributed by atoms with Gasteiger partial charge < -0.3 is 0 Å². The van der Waals surface area contributed by atoms with Gasteiger partial charge in [0.25, 0.3) is 0 Å². The molecule has 0 N–H and O–H groups in total. The summed E-state index contributed by atoms with van der Waals surface area (Å²) in [6.45, 7) is 0. The molecule has 1 heteroatoms. The van der Waals surface area contributed by atoms with Gasteiger partial charge in [0.05, 0.1) is 0 Å². The van der Waals surface area contributed by atoms with E-state index in [4.69, 9.17) is 0 Å². The molecule has 61 heavy (non-hydrogen) atoms. The molecule has 0 spiro atoms. The third-order valence-corrected chi connectivity index (χ3v) is 22.7. The van der Waals surface area contributed by atoms with E-state index in [1.165, 1.54) is 0 Å². The Morgan fingerprint density at radius 1 is 0.148 bits per heavy atom. The first-order valence-corrected chi connectivity index (χ1v) is 22.6. The average molecular weight is 745 g/mol. The van der Waals surface area contributed by atoms with Crippen LogP contribution in [0.1, 0.15) is 22.6 Å². The molecule has 0 saturated heterocycles. The molecule has 0 unspecified atom stereocenters. The van der Waals surface area contributed by atoms with Gasteiger partial charge in [-0.1, -0.05) is 27.1 Å². The standard InChI is InChI=1S/C60H.Na/c1-2-5-6-3(1)8-12-10-4(1)9-11-7(2)17-21-13(5)23-24-14(6)22-18(8)28-20(12)30-26-16(10)15(9)25-29-19(11)27(17)37-41-31(21)33(23)43-44-34(24)32(22)42-38(28)48-40(30)46-36(26)35(25)45-39(29)47(37)55-49(41)51(43)57-52(44)50(42)56(48)59-54(46)53(45)58(55)60(57)59;/h1H;/q-1;+1. The van der Waals surface area contributed by atoms with Gasteiger partial charge >= 0.3 is 29.6 Å². The van der Waals surface area contributed by atoms with E-state index < -0.39 is 0 Å². The quantitative estimate of drug-likeness (QED) is 0.0824. The zero-order valence-corrected chi connectivity index (χ0v) is 33.1. The maximum atomic E-state index is 1.75. The van der Waals surface area contributed by atoms with Crippen molar-refractivity contribution in [2.45, 2.75) is 5.92 Å². The summed E-state index contributed by atoms with van der Waals surface area (Å²) in [5, 5.41) is 94.1. The van der Waals surface area contributed by atoms with Gasteiger partial charge in [-0.15, -0.1) is 10.8 Å². The molecule has 0 heterocycles. The summed E-state index contributed by atoms with van der Waals surface area (Å²) in [6, 6.07) is 0. The van der Waals surface area contributed by atoms with Gasteiger partial charge in [-0.25, -0.2) is 0 Å². The molecule has 29 aromatic rings. The second-order valence-corrected chi connectivity index (χ2v) is 22.7. The van der Waals surface area contributed by atoms with Crippen LogP contribution >= 0.6 is 0 Å². The van der Waals surface area contributed by atoms with Crippen LogP contribution in [0.4, 0.5) is 0 Å². The maximum absolute atomic E-state index is 1.75. The summed E-state index contributed by atoms with van der Waals surface area (Å²) in [5.41, 5.74) is 5.25. The normalized spacial score (nSPS) is 18.3. The summed E-state index contributed by atoms with van der Waals surface area (Å²) in [5.74, 6) is 0.343. The minimum atomic E-state index is 0. The molecule has 0 atom stereocenters. The fraction of sp³-hybridized carbons (Fsp3) is 0.0167. The van der Waals surface area contributed by atoms with Gasteiger partial charge in [0.1, 0.15) is 0 Å². The fourth-order valence-electron chi connectivity index (χ4n) is 22.8. The van der Waals surface area contributed by atoms with E-state index in [-0.39, 0.29) is 29.6 Å². The Morgan fingerprint density at radius 3 is 0.443 bits per heavy atom. The molecule has 0 amide bonds. The zero-order valence-electron chi connectivity index (χ0n) is 31.1. The fourth-order valence-corrected chi connectivity index (χ4v) is 22.8. The second-order valence-electron chi connectivity index (χ2n) is 22.7. The number of rotatable bonds is 0. The Kier molecular flexibility index (Phi) is 1.77. The van der Waals surface area contributed by atoms with Crippen LogP contribution in [0.15, 0.2) is 0 Å². The molecule has 242 valence electrons. The van der Waals surface area contributed by atoms with Crippen LogP contribution in [0.25, 0.3) is 302 Å². The van der Waals surface area contributed by atoms with Crippen LogP contribution in [-0.4, -0.2) is 0 Å². The SMILES string of the molecule is [Na+].c12c3c4c5c6c7c8c4c4c9c3c3c%10c1c1c%11c%10c%10c%12c3c9c3c9c4c8c4c8c7c7c%13c%14c8c8c4c9c4c3c%12c3c%10c9c%10c%12c3c4c8c%12c%14c3c%10c(c9%11)c4c(c3%13)c(c67)[c-](c14)C25. The van der Waals surface area contributed by atoms with Gasteiger partial charge in [0.2, 0.25) is 0 Å². The molecule has 0 aromatic heterocycles. The summed E-state index contributed by atoms with van der Waals surface area (Å²) < 4.78 is 0. The van der Waals surface area contributed by atoms with Crippen molar-refractivity contribution in [3.05, 3.63) is 16.7 Å². The van der Waals surface area contributed by atoms with Crippen molar-refractivity contribution < 1.29 is 29.6 Å². The Balaban J connectivity index is 0.00000261. The van der Waals surface area contributed by atoms with Crippen LogP contribution in [0.2, 0.25) is 0 Å². The molecule has 0 radical (unpaired) electrons. The first-order chi connectivity index (χ1) is 30.0. The van der Waals surface area contributed by atoms with Crippen LogP contribution in [0.5, 0.6) is 0 Å². The van der Waals surface area contributed by atoms with Gasteiger partial charge in [-0.2, -0.15) is 0 Å². The van der Waals surface area contributed by atoms with E-state index in [9.17, 15) is 0 Å². The van der Waals surface area contributed by atoms with Crippen LogP contribution in [-0.2, 0) is 0 Å². The second kappa shape index (κ2) is 4.86. The van der Waals surface area contributed by atoms with E-state index in [2.05, 4.69) is 0 Å². The minimum absolute atomic E-state index is 0. The van der Waals surface area contributed by atoms with Crippen molar-refractivity contribution in [1.82, 2.24) is 0 Å². The van der Waals surface area contributed by atoms with Crippen molar-refractivity contribution in [3.63, 3.8) is 0 Å². The molecule has 0 fully saturated rings. The van der Waals surface area contributed by atoms with Gasteiger partial charge in [0.15, 0.2) is 0 Å². The van der Waals surface area contributed by atoms with Crippen molar-refractivity contribution in [1.29, 1.82) is 0 Å². The van der Waals surface area contributed by atoms with E-state index in [1.54, 1.807) is 318 Å². The molecule has 0 saturated carbocycles. The summed E-state index contributed by atoms with van der Waals surface area (Å²) in [7, 11) is 0. The predicted molar refractivity (Wildman–Crippen MR) is 258 cm³/mol. The number of hydrogen-bond donors (Lipinski definition) is 0. The molecule has 0 nitrogen and oxygen atoms in total. The minimum Gasteiger partial charge on any atom is -0.110 e. The van der Waals surface area contributed by atoms with Crippen molar-refractivity contribution in [3.8, 4) is 0 Å². The van der Waals surface area contributed by atoms with Crippen LogP contribution in [0, 0.1) is 0 Å². The largest absolute Gasteiger partial charge is 1.00 e. The summed E-state index contributed by atoms with van der Waals surface area (Å²) in [4.78, 5) is 0. The van der Waals surface area contributed by atoms with Crippen LogP contribution < -0.4 is 29.6 Å². The molecule has 29 aromatic carbocycles. The Bertz CT molecular complexity index is 6350. The zero-order chi connectivity index (χ0) is 34.6. The monoisotopic (exact) mass is 744 g/mol. The van der Waals surface area contributed by atoms with Crippen molar-refractivity contribution in [2.75, 3.05) is 0 Å². The van der Waals surface area contributed by atoms with Crippen molar-refractivity contribution in [2.24, 2.45) is 0 Å². The Morgan fingerprint density at radius 2 is 0.262 bits per heavy atom. The summed E-state index contributed by atoms with van der Waals surface area (Å²) >= 11 is 0. The van der Waals surface area contributed by atoms with E-state index in [0.29, 0.717) is 5.92 Å². The number of benzene rings is 18. The smallest absolute Gasteiger partial charge is 0.110 e. The molecular formula is C60HNa. The molecule has 0 aliphatic heterocycles. The Hall–Kier alpha value is -6.67.